The van der Waals surface area contributed by atoms with Crippen LogP contribution in [0.4, 0.5) is 0 Å². The summed E-state index contributed by atoms with van der Waals surface area (Å²) in [6, 6.07) is 0.882. The largest absolute Gasteiger partial charge is 0.315 e. The Bertz CT molecular complexity index is 173. The van der Waals surface area contributed by atoms with Crippen molar-refractivity contribution in [3.8, 4) is 0 Å². The minimum atomic E-state index is 0.882. The predicted molar refractivity (Wildman–Crippen MR) is 65.1 cm³/mol. The van der Waals surface area contributed by atoms with Crippen molar-refractivity contribution in [1.82, 2.24) is 10.2 Å². The Balaban J connectivity index is 1.92. The molecule has 1 aliphatic carbocycles. The van der Waals surface area contributed by atoms with Gasteiger partial charge in [-0.05, 0) is 38.3 Å². The summed E-state index contributed by atoms with van der Waals surface area (Å²) in [5, 5.41) is 3.51. The summed E-state index contributed by atoms with van der Waals surface area (Å²) in [5.74, 6) is 0.922. The number of rotatable bonds is 1. The first-order valence-corrected chi connectivity index (χ1v) is 6.82. The molecule has 0 aromatic rings. The predicted octanol–water partition coefficient (Wildman–Crippen LogP) is 2.25. The normalized spacial score (nSPS) is 35.8. The minimum Gasteiger partial charge on any atom is -0.315 e. The van der Waals surface area contributed by atoms with Gasteiger partial charge in [0.25, 0.3) is 0 Å². The van der Waals surface area contributed by atoms with Crippen LogP contribution in [0.3, 0.4) is 0 Å². The van der Waals surface area contributed by atoms with E-state index in [1.807, 2.05) is 0 Å². The van der Waals surface area contributed by atoms with E-state index >= 15 is 0 Å². The Morgan fingerprint density at radius 1 is 0.933 bits per heavy atom. The molecule has 2 fully saturated rings. The van der Waals surface area contributed by atoms with Gasteiger partial charge in [-0.2, -0.15) is 0 Å². The maximum atomic E-state index is 3.51. The number of nitrogens with one attached hydrogen (secondary N) is 1. The van der Waals surface area contributed by atoms with Crippen molar-refractivity contribution >= 4 is 0 Å². The fourth-order valence-electron chi connectivity index (χ4n) is 3.21. The minimum absolute atomic E-state index is 0.882. The van der Waals surface area contributed by atoms with Gasteiger partial charge in [0.1, 0.15) is 0 Å². The smallest absolute Gasteiger partial charge is 0.0121 e. The van der Waals surface area contributed by atoms with Crippen LogP contribution in [0.15, 0.2) is 0 Å². The molecule has 2 unspecified atom stereocenters. The van der Waals surface area contributed by atoms with E-state index in [9.17, 15) is 0 Å². The van der Waals surface area contributed by atoms with Crippen molar-refractivity contribution in [3.63, 3.8) is 0 Å². The van der Waals surface area contributed by atoms with E-state index in [1.54, 1.807) is 0 Å². The molecule has 1 heterocycles. The molecule has 1 saturated carbocycles. The summed E-state index contributed by atoms with van der Waals surface area (Å²) >= 11 is 0. The lowest BCUT2D eigenvalue weighted by Gasteiger charge is -2.33. The lowest BCUT2D eigenvalue weighted by molar-refractivity contribution is 0.149. The molecular formula is C13H26N2. The van der Waals surface area contributed by atoms with Crippen LogP contribution < -0.4 is 5.32 Å². The van der Waals surface area contributed by atoms with Crippen LogP contribution in [-0.4, -0.2) is 37.1 Å². The second-order valence-corrected chi connectivity index (χ2v) is 5.32. The van der Waals surface area contributed by atoms with Crippen LogP contribution in [0.1, 0.15) is 45.4 Å². The number of nitrogens with zero attached hydrogens (tertiary/aromatic N) is 1. The van der Waals surface area contributed by atoms with Crippen molar-refractivity contribution in [2.45, 2.75) is 51.5 Å². The summed E-state index contributed by atoms with van der Waals surface area (Å²) < 4.78 is 0. The van der Waals surface area contributed by atoms with Gasteiger partial charge in [0.05, 0.1) is 0 Å². The third-order valence-corrected chi connectivity index (χ3v) is 4.16. The average Bonchev–Trinajstić information content (AvgIpc) is 2.59. The standard InChI is InChI=1S/C13H26N2/c1-12-6-3-2-4-7-13(12)15-10-5-8-14-9-11-15/h12-14H,2-11H2,1H3. The maximum absolute atomic E-state index is 3.51. The van der Waals surface area contributed by atoms with E-state index < -0.39 is 0 Å². The molecule has 2 heteroatoms. The van der Waals surface area contributed by atoms with Crippen molar-refractivity contribution < 1.29 is 0 Å². The Hall–Kier alpha value is -0.0800. The van der Waals surface area contributed by atoms with E-state index in [1.165, 1.54) is 64.7 Å². The third-order valence-electron chi connectivity index (χ3n) is 4.16. The summed E-state index contributed by atoms with van der Waals surface area (Å²) in [6.45, 7) is 7.48. The summed E-state index contributed by atoms with van der Waals surface area (Å²) in [6.07, 6.45) is 8.62. The molecule has 0 bridgehead atoms. The molecule has 1 N–H and O–H groups in total. The summed E-state index contributed by atoms with van der Waals surface area (Å²) in [5.41, 5.74) is 0. The maximum Gasteiger partial charge on any atom is 0.0121 e. The number of hydrogen-bond acceptors (Lipinski definition) is 2. The summed E-state index contributed by atoms with van der Waals surface area (Å²) in [7, 11) is 0. The topological polar surface area (TPSA) is 15.3 Å². The molecular weight excluding hydrogens is 184 g/mol. The number of hydrogen-bond donors (Lipinski definition) is 1. The van der Waals surface area contributed by atoms with Crippen LogP contribution in [-0.2, 0) is 0 Å². The van der Waals surface area contributed by atoms with Gasteiger partial charge in [-0.3, -0.25) is 4.90 Å². The van der Waals surface area contributed by atoms with E-state index in [0.29, 0.717) is 0 Å². The van der Waals surface area contributed by atoms with Gasteiger partial charge in [-0.25, -0.2) is 0 Å². The van der Waals surface area contributed by atoms with E-state index in [4.69, 9.17) is 0 Å². The highest BCUT2D eigenvalue weighted by atomic mass is 15.2. The van der Waals surface area contributed by atoms with Gasteiger partial charge in [0.15, 0.2) is 0 Å². The van der Waals surface area contributed by atoms with Gasteiger partial charge >= 0.3 is 0 Å². The first-order valence-electron chi connectivity index (χ1n) is 6.82. The molecule has 2 nitrogen and oxygen atoms in total. The molecule has 2 atom stereocenters. The van der Waals surface area contributed by atoms with Crippen LogP contribution in [0.25, 0.3) is 0 Å². The molecule has 1 saturated heterocycles. The Morgan fingerprint density at radius 2 is 1.80 bits per heavy atom. The van der Waals surface area contributed by atoms with Crippen LogP contribution >= 0.6 is 0 Å². The first kappa shape index (κ1) is 11.4. The van der Waals surface area contributed by atoms with Gasteiger partial charge in [0, 0.05) is 19.1 Å². The summed E-state index contributed by atoms with van der Waals surface area (Å²) in [4.78, 5) is 2.76. The Morgan fingerprint density at radius 3 is 2.73 bits per heavy atom. The molecule has 0 amide bonds. The van der Waals surface area contributed by atoms with E-state index in [2.05, 4.69) is 17.1 Å². The molecule has 0 aromatic heterocycles. The molecule has 0 aromatic carbocycles. The molecule has 0 radical (unpaired) electrons. The molecule has 15 heavy (non-hydrogen) atoms. The zero-order valence-corrected chi connectivity index (χ0v) is 10.2. The van der Waals surface area contributed by atoms with E-state index in [-0.39, 0.29) is 0 Å². The highest BCUT2D eigenvalue weighted by Gasteiger charge is 2.25. The van der Waals surface area contributed by atoms with Gasteiger partial charge in [0.2, 0.25) is 0 Å². The SMILES string of the molecule is CC1CCCCCC1N1CCCNCC1. The lowest BCUT2D eigenvalue weighted by atomic mass is 9.95. The van der Waals surface area contributed by atoms with Crippen LogP contribution in [0, 0.1) is 5.92 Å². The first-order chi connectivity index (χ1) is 7.38. The van der Waals surface area contributed by atoms with Gasteiger partial charge in [-0.1, -0.05) is 26.2 Å². The van der Waals surface area contributed by atoms with Crippen molar-refractivity contribution in [3.05, 3.63) is 0 Å². The molecule has 2 aliphatic rings. The fourth-order valence-corrected chi connectivity index (χ4v) is 3.21. The Kier molecular flexibility index (Phi) is 4.45. The van der Waals surface area contributed by atoms with Crippen LogP contribution in [0.2, 0.25) is 0 Å². The van der Waals surface area contributed by atoms with E-state index in [0.717, 1.165) is 12.0 Å². The molecule has 2 rings (SSSR count). The van der Waals surface area contributed by atoms with Crippen molar-refractivity contribution in [2.24, 2.45) is 5.92 Å². The van der Waals surface area contributed by atoms with Crippen molar-refractivity contribution in [2.75, 3.05) is 26.2 Å². The zero-order valence-electron chi connectivity index (χ0n) is 10.2. The fraction of sp³-hybridized carbons (Fsp3) is 1.00. The van der Waals surface area contributed by atoms with Gasteiger partial charge < -0.3 is 5.32 Å². The zero-order chi connectivity index (χ0) is 10.5. The second-order valence-electron chi connectivity index (χ2n) is 5.32. The monoisotopic (exact) mass is 210 g/mol. The van der Waals surface area contributed by atoms with Crippen LogP contribution in [0.5, 0.6) is 0 Å². The molecule has 0 spiro atoms. The quantitative estimate of drug-likeness (QED) is 0.668. The highest BCUT2D eigenvalue weighted by Crippen LogP contribution is 2.27. The molecule has 1 aliphatic heterocycles. The highest BCUT2D eigenvalue weighted by molar-refractivity contribution is 4.81. The lowest BCUT2D eigenvalue weighted by Crippen LogP contribution is -2.41. The average molecular weight is 210 g/mol. The Labute approximate surface area is 94.4 Å². The molecule has 88 valence electrons. The van der Waals surface area contributed by atoms with Crippen molar-refractivity contribution in [1.29, 1.82) is 0 Å². The second kappa shape index (κ2) is 5.86. The van der Waals surface area contributed by atoms with Gasteiger partial charge in [-0.15, -0.1) is 0 Å². The third kappa shape index (κ3) is 3.18.